The third-order valence-corrected chi connectivity index (χ3v) is 5.74. The summed E-state index contributed by atoms with van der Waals surface area (Å²) in [6.45, 7) is 11.7. The molecule has 120 valence electrons. The molecule has 21 heavy (non-hydrogen) atoms. The summed E-state index contributed by atoms with van der Waals surface area (Å²) in [4.78, 5) is 11.2. The molecule has 0 saturated carbocycles. The first-order valence-electron chi connectivity index (χ1n) is 8.35. The molecule has 0 aromatic heterocycles. The summed E-state index contributed by atoms with van der Waals surface area (Å²) in [6.07, 6.45) is 6.27. The van der Waals surface area contributed by atoms with Crippen LogP contribution in [-0.4, -0.2) is 25.3 Å². The quantitative estimate of drug-likeness (QED) is 0.568. The molecule has 3 nitrogen and oxygen atoms in total. The van der Waals surface area contributed by atoms with Crippen LogP contribution in [0.15, 0.2) is 11.6 Å². The molecule has 2 aliphatic rings. The minimum Gasteiger partial charge on any atom is -0.465 e. The van der Waals surface area contributed by atoms with Gasteiger partial charge in [-0.25, -0.2) is 0 Å². The summed E-state index contributed by atoms with van der Waals surface area (Å²) in [6, 6.07) is 0. The van der Waals surface area contributed by atoms with Gasteiger partial charge in [0.05, 0.1) is 19.3 Å². The molecular formula is C18H30O3. The number of carbonyl (C=O) groups excluding carboxylic acids is 1. The molecule has 0 spiro atoms. The van der Waals surface area contributed by atoms with Gasteiger partial charge in [-0.2, -0.15) is 0 Å². The SMILES string of the molecule is CCCC[C@@H]1OC[C@]2(COC(C)=O)[C@H](C)C=C(C)[C@H]1[C@@H]2C. The lowest BCUT2D eigenvalue weighted by atomic mass is 9.56. The Bertz CT molecular complexity index is 415. The van der Waals surface area contributed by atoms with Crippen LogP contribution in [0.5, 0.6) is 0 Å². The van der Waals surface area contributed by atoms with Crippen LogP contribution in [0.3, 0.4) is 0 Å². The van der Waals surface area contributed by atoms with Crippen molar-refractivity contribution in [2.75, 3.05) is 13.2 Å². The van der Waals surface area contributed by atoms with E-state index in [-0.39, 0.29) is 11.4 Å². The number of carbonyl (C=O) groups is 1. The lowest BCUT2D eigenvalue weighted by molar-refractivity contribution is -0.180. The summed E-state index contributed by atoms with van der Waals surface area (Å²) >= 11 is 0. The maximum Gasteiger partial charge on any atom is 0.302 e. The van der Waals surface area contributed by atoms with Crippen molar-refractivity contribution in [1.82, 2.24) is 0 Å². The van der Waals surface area contributed by atoms with Crippen molar-refractivity contribution in [1.29, 1.82) is 0 Å². The fourth-order valence-corrected chi connectivity index (χ4v) is 4.29. The Morgan fingerprint density at radius 3 is 2.81 bits per heavy atom. The molecule has 3 heteroatoms. The first-order chi connectivity index (χ1) is 9.92. The number of hydrogen-bond acceptors (Lipinski definition) is 3. The number of allylic oxidation sites excluding steroid dienone is 1. The van der Waals surface area contributed by atoms with Crippen LogP contribution in [0.4, 0.5) is 0 Å². The third kappa shape index (κ3) is 3.03. The molecule has 0 radical (unpaired) electrons. The molecule has 1 heterocycles. The Morgan fingerprint density at radius 2 is 2.19 bits per heavy atom. The first-order valence-corrected chi connectivity index (χ1v) is 8.35. The molecular weight excluding hydrogens is 264 g/mol. The third-order valence-electron chi connectivity index (χ3n) is 5.74. The number of fused-ring (bicyclic) bond motifs is 2. The van der Waals surface area contributed by atoms with Gasteiger partial charge in [0.2, 0.25) is 0 Å². The van der Waals surface area contributed by atoms with Crippen molar-refractivity contribution in [3.05, 3.63) is 11.6 Å². The molecule has 1 fully saturated rings. The molecule has 5 atom stereocenters. The minimum atomic E-state index is -0.195. The van der Waals surface area contributed by atoms with Crippen LogP contribution < -0.4 is 0 Å². The summed E-state index contributed by atoms with van der Waals surface area (Å²) < 4.78 is 11.7. The Labute approximate surface area is 129 Å². The van der Waals surface area contributed by atoms with Gasteiger partial charge in [0.1, 0.15) is 0 Å². The lowest BCUT2D eigenvalue weighted by Gasteiger charge is -2.55. The summed E-state index contributed by atoms with van der Waals surface area (Å²) in [5, 5.41) is 0. The van der Waals surface area contributed by atoms with Gasteiger partial charge < -0.3 is 9.47 Å². The van der Waals surface area contributed by atoms with E-state index < -0.39 is 0 Å². The van der Waals surface area contributed by atoms with Crippen molar-refractivity contribution in [3.8, 4) is 0 Å². The largest absolute Gasteiger partial charge is 0.465 e. The summed E-state index contributed by atoms with van der Waals surface area (Å²) in [7, 11) is 0. The van der Waals surface area contributed by atoms with Crippen LogP contribution in [0.2, 0.25) is 0 Å². The number of unbranched alkanes of at least 4 members (excludes halogenated alkanes) is 1. The predicted molar refractivity (Wildman–Crippen MR) is 83.9 cm³/mol. The van der Waals surface area contributed by atoms with Crippen molar-refractivity contribution < 1.29 is 14.3 Å². The van der Waals surface area contributed by atoms with Crippen LogP contribution in [-0.2, 0) is 14.3 Å². The van der Waals surface area contributed by atoms with E-state index >= 15 is 0 Å². The lowest BCUT2D eigenvalue weighted by Crippen LogP contribution is -2.56. The highest BCUT2D eigenvalue weighted by atomic mass is 16.5. The Hall–Kier alpha value is -0.830. The Kier molecular flexibility index (Phi) is 5.13. The van der Waals surface area contributed by atoms with Crippen LogP contribution >= 0.6 is 0 Å². The van der Waals surface area contributed by atoms with Gasteiger partial charge in [0.15, 0.2) is 0 Å². The Morgan fingerprint density at radius 1 is 1.48 bits per heavy atom. The van der Waals surface area contributed by atoms with Gasteiger partial charge in [0.25, 0.3) is 0 Å². The normalized spacial score (nSPS) is 38.8. The van der Waals surface area contributed by atoms with E-state index in [0.717, 1.165) is 6.42 Å². The maximum atomic E-state index is 11.2. The number of esters is 1. The molecule has 1 saturated heterocycles. The fraction of sp³-hybridized carbons (Fsp3) is 0.833. The van der Waals surface area contributed by atoms with Crippen LogP contribution in [0.1, 0.15) is 53.9 Å². The van der Waals surface area contributed by atoms with E-state index in [0.29, 0.717) is 37.1 Å². The second-order valence-electron chi connectivity index (χ2n) is 7.02. The summed E-state index contributed by atoms with van der Waals surface area (Å²) in [5.41, 5.74) is 1.40. The van der Waals surface area contributed by atoms with Crippen LogP contribution in [0.25, 0.3) is 0 Å². The van der Waals surface area contributed by atoms with Crippen LogP contribution in [0, 0.1) is 23.2 Å². The van der Waals surface area contributed by atoms with Gasteiger partial charge in [-0.05, 0) is 25.2 Å². The number of rotatable bonds is 5. The topological polar surface area (TPSA) is 35.5 Å². The first kappa shape index (κ1) is 16.5. The fourth-order valence-electron chi connectivity index (χ4n) is 4.29. The zero-order valence-corrected chi connectivity index (χ0v) is 14.1. The van der Waals surface area contributed by atoms with Crippen molar-refractivity contribution in [2.24, 2.45) is 23.2 Å². The molecule has 0 amide bonds. The summed E-state index contributed by atoms with van der Waals surface area (Å²) in [5.74, 6) is 1.15. The highest BCUT2D eigenvalue weighted by Gasteiger charge is 2.53. The zero-order chi connectivity index (χ0) is 15.6. The molecule has 1 aliphatic carbocycles. The van der Waals surface area contributed by atoms with E-state index in [4.69, 9.17) is 9.47 Å². The molecule has 0 N–H and O–H groups in total. The van der Waals surface area contributed by atoms with Crippen molar-refractivity contribution >= 4 is 5.97 Å². The van der Waals surface area contributed by atoms with E-state index in [1.54, 1.807) is 0 Å². The second-order valence-corrected chi connectivity index (χ2v) is 7.02. The van der Waals surface area contributed by atoms with Gasteiger partial charge in [-0.3, -0.25) is 4.79 Å². The van der Waals surface area contributed by atoms with Crippen molar-refractivity contribution in [2.45, 2.75) is 60.0 Å². The second kappa shape index (κ2) is 6.51. The average molecular weight is 294 g/mol. The van der Waals surface area contributed by atoms with E-state index in [9.17, 15) is 4.79 Å². The van der Waals surface area contributed by atoms with Crippen molar-refractivity contribution in [3.63, 3.8) is 0 Å². The Balaban J connectivity index is 2.23. The molecule has 0 unspecified atom stereocenters. The number of ether oxygens (including phenoxy) is 2. The van der Waals surface area contributed by atoms with Gasteiger partial charge >= 0.3 is 5.97 Å². The van der Waals surface area contributed by atoms with Gasteiger partial charge in [-0.1, -0.05) is 45.3 Å². The molecule has 0 aromatic carbocycles. The molecule has 2 rings (SSSR count). The smallest absolute Gasteiger partial charge is 0.302 e. The van der Waals surface area contributed by atoms with E-state index in [2.05, 4.69) is 33.8 Å². The standard InChI is InChI=1S/C18H30O3/c1-6-7-8-16-17-12(2)9-13(3)18(11-21-16,14(17)4)10-20-15(5)19/h9,13-14,16-17H,6-8,10-11H2,1-5H3/t13-,14+,16+,17+,18-/m1/s1. The monoisotopic (exact) mass is 294 g/mol. The minimum absolute atomic E-state index is 0.0570. The zero-order valence-electron chi connectivity index (χ0n) is 14.1. The predicted octanol–water partition coefficient (Wildman–Crippen LogP) is 3.97. The maximum absolute atomic E-state index is 11.2. The van der Waals surface area contributed by atoms with Gasteiger partial charge in [-0.15, -0.1) is 0 Å². The van der Waals surface area contributed by atoms with E-state index in [1.165, 1.54) is 25.3 Å². The molecule has 2 bridgehead atoms. The highest BCUT2D eigenvalue weighted by molar-refractivity contribution is 5.65. The van der Waals surface area contributed by atoms with E-state index in [1.807, 2.05) is 0 Å². The van der Waals surface area contributed by atoms with Gasteiger partial charge in [0, 0.05) is 18.3 Å². The average Bonchev–Trinajstić information content (AvgIpc) is 2.42. The molecule has 0 aromatic rings. The highest BCUT2D eigenvalue weighted by Crippen LogP contribution is 2.53. The molecule has 1 aliphatic heterocycles. The number of hydrogen-bond donors (Lipinski definition) is 0.